The van der Waals surface area contributed by atoms with Crippen LogP contribution in [0.15, 0.2) is 65.0 Å². The van der Waals surface area contributed by atoms with E-state index >= 15 is 0 Å². The molecule has 5 nitrogen and oxygen atoms in total. The molecule has 0 unspecified atom stereocenters. The van der Waals surface area contributed by atoms with Crippen molar-refractivity contribution in [3.63, 3.8) is 0 Å². The number of thiophene rings is 1. The van der Waals surface area contributed by atoms with Gasteiger partial charge in [0, 0.05) is 68.4 Å². The first-order valence-corrected chi connectivity index (χ1v) is 19.8. The number of allylic oxidation sites excluding steroid dienone is 2. The molecular formula is C46H57IrN2O3S-. The first-order valence-electron chi connectivity index (χ1n) is 19.0. The predicted molar refractivity (Wildman–Crippen MR) is 222 cm³/mol. The van der Waals surface area contributed by atoms with Gasteiger partial charge in [0.25, 0.3) is 0 Å². The maximum Gasteiger partial charge on any atom is 0.223 e. The molecule has 6 rings (SSSR count). The molecule has 0 atom stereocenters. The average molecular weight is 910 g/mol. The molecule has 1 N–H and O–H groups in total. The molecule has 0 saturated heterocycles. The Morgan fingerprint density at radius 3 is 2.15 bits per heavy atom. The number of carbonyl (C=O) groups excluding carboxylic acids is 1. The summed E-state index contributed by atoms with van der Waals surface area (Å²) in [6.45, 7) is 25.6. The molecular weight excluding hydrogens is 853 g/mol. The molecule has 53 heavy (non-hydrogen) atoms. The van der Waals surface area contributed by atoms with E-state index in [0.717, 1.165) is 65.1 Å². The van der Waals surface area contributed by atoms with Crippen LogP contribution in [-0.2, 0) is 36.7 Å². The van der Waals surface area contributed by atoms with E-state index < -0.39 is 0 Å². The predicted octanol–water partition coefficient (Wildman–Crippen LogP) is 13.7. The third kappa shape index (κ3) is 8.33. The van der Waals surface area contributed by atoms with Gasteiger partial charge in [0.2, 0.25) is 5.71 Å². The summed E-state index contributed by atoms with van der Waals surface area (Å²) < 4.78 is 7.76. The number of ketones is 1. The molecule has 7 heteroatoms. The van der Waals surface area contributed by atoms with Crippen LogP contribution in [0.5, 0.6) is 0 Å². The van der Waals surface area contributed by atoms with Gasteiger partial charge in [0.15, 0.2) is 5.78 Å². The number of fused-ring (bicyclic) bond motifs is 6. The van der Waals surface area contributed by atoms with E-state index in [-0.39, 0.29) is 47.9 Å². The maximum atomic E-state index is 12.2. The molecule has 3 aromatic carbocycles. The van der Waals surface area contributed by atoms with Gasteiger partial charge in [-0.1, -0.05) is 105 Å². The van der Waals surface area contributed by atoms with Gasteiger partial charge in [-0.25, -0.2) is 4.98 Å². The van der Waals surface area contributed by atoms with Gasteiger partial charge >= 0.3 is 0 Å². The Kier molecular flexibility index (Phi) is 13.2. The molecule has 0 saturated carbocycles. The van der Waals surface area contributed by atoms with Gasteiger partial charge in [-0.05, 0) is 68.1 Å². The number of benzene rings is 3. The molecule has 1 radical (unpaired) electrons. The summed E-state index contributed by atoms with van der Waals surface area (Å²) in [6.07, 6.45) is 7.41. The minimum absolute atomic E-state index is 0. The monoisotopic (exact) mass is 910 g/mol. The second-order valence-electron chi connectivity index (χ2n) is 16.4. The number of rotatable bonds is 10. The van der Waals surface area contributed by atoms with E-state index in [2.05, 4.69) is 95.1 Å². The zero-order valence-electron chi connectivity index (χ0n) is 33.7. The minimum atomic E-state index is -0.337. The zero-order valence-corrected chi connectivity index (χ0v) is 36.9. The molecule has 0 fully saturated rings. The number of aliphatic hydroxyl groups is 1. The summed E-state index contributed by atoms with van der Waals surface area (Å²) in [5.41, 5.74) is 5.48. The number of nitrogens with zero attached hydrogens (tertiary/aromatic N) is 2. The van der Waals surface area contributed by atoms with Crippen LogP contribution in [0.25, 0.3) is 54.2 Å². The molecule has 3 aromatic heterocycles. The van der Waals surface area contributed by atoms with Crippen LogP contribution in [0, 0.1) is 29.7 Å². The molecule has 0 aliphatic carbocycles. The van der Waals surface area contributed by atoms with E-state index in [9.17, 15) is 9.90 Å². The normalized spacial score (nSPS) is 12.8. The molecule has 3 heterocycles. The Bertz CT molecular complexity index is 2260. The number of hydrogen-bond donors (Lipinski definition) is 1. The standard InChI is InChI=1S/C31H29N2OS.C15H28O2.Ir/c1-17(2)13-23-18(3)35-25-12-11-22-27-28(32-16-33-30(27)34-29(22)26(23)25)20-14-19-9-7-8-10-21(19)24(15-20)31(4,5)6;1-7-14(5,8-2)12(16)11-13(17)15(6,9-3)10-4;/h7-12,15-17H,13H2,1-6H3;11,16H,7-10H2,1-6H3;/q-1;;/b;12-11-;. The summed E-state index contributed by atoms with van der Waals surface area (Å²) >= 11 is 1.85. The molecule has 285 valence electrons. The van der Waals surface area contributed by atoms with Crippen molar-refractivity contribution in [2.45, 2.75) is 121 Å². The van der Waals surface area contributed by atoms with Gasteiger partial charge in [-0.2, -0.15) is 0 Å². The van der Waals surface area contributed by atoms with Crippen LogP contribution in [0.3, 0.4) is 0 Å². The molecule has 0 bridgehead atoms. The Hall–Kier alpha value is -3.38. The Balaban J connectivity index is 0.000000299. The van der Waals surface area contributed by atoms with Crippen LogP contribution in [0.4, 0.5) is 0 Å². The Morgan fingerprint density at radius 2 is 1.55 bits per heavy atom. The first kappa shape index (κ1) is 42.4. The van der Waals surface area contributed by atoms with Crippen molar-refractivity contribution in [1.29, 1.82) is 0 Å². The van der Waals surface area contributed by atoms with Crippen molar-refractivity contribution < 1.29 is 34.4 Å². The number of aliphatic hydroxyl groups excluding tert-OH is 1. The van der Waals surface area contributed by atoms with Gasteiger partial charge in [0.05, 0.1) is 0 Å². The van der Waals surface area contributed by atoms with Crippen molar-refractivity contribution in [2.24, 2.45) is 16.7 Å². The number of aromatic nitrogens is 2. The number of aryl methyl sites for hydroxylation is 1. The fourth-order valence-corrected chi connectivity index (χ4v) is 8.04. The number of carbonyl (C=O) groups is 1. The van der Waals surface area contributed by atoms with E-state index in [4.69, 9.17) is 9.40 Å². The average Bonchev–Trinajstić information content (AvgIpc) is 3.66. The SMILES string of the molecule is CCC(C)(CC)C(=O)/C=C(\O)C(C)(CC)CC.Cc1sc2ccc3c(oc4ncnc(-c5[c-]c6ccccc6c(C(C)(C)C)c5)c43)c2c1CC(C)C.[Ir]. The van der Waals surface area contributed by atoms with Crippen molar-refractivity contribution in [2.75, 3.05) is 0 Å². The fraction of sp³-hybridized carbons (Fsp3) is 0.457. The number of hydrogen-bond acceptors (Lipinski definition) is 6. The summed E-state index contributed by atoms with van der Waals surface area (Å²) in [5, 5.41) is 15.7. The van der Waals surface area contributed by atoms with Gasteiger partial charge in [-0.3, -0.25) is 9.78 Å². The van der Waals surface area contributed by atoms with Crippen LogP contribution >= 0.6 is 11.3 Å². The third-order valence-electron chi connectivity index (χ3n) is 11.4. The van der Waals surface area contributed by atoms with Crippen molar-refractivity contribution >= 4 is 60.0 Å². The topological polar surface area (TPSA) is 76.2 Å². The Morgan fingerprint density at radius 1 is 0.906 bits per heavy atom. The van der Waals surface area contributed by atoms with Gasteiger partial charge < -0.3 is 9.52 Å². The maximum absolute atomic E-state index is 12.2. The van der Waals surface area contributed by atoms with E-state index in [0.29, 0.717) is 11.6 Å². The number of furan rings is 1. The second kappa shape index (κ2) is 16.5. The minimum Gasteiger partial charge on any atom is -0.512 e. The van der Waals surface area contributed by atoms with Crippen molar-refractivity contribution in [3.05, 3.63) is 82.7 Å². The van der Waals surface area contributed by atoms with Crippen molar-refractivity contribution in [1.82, 2.24) is 9.97 Å². The summed E-state index contributed by atoms with van der Waals surface area (Å²) in [5.74, 6) is 0.859. The second-order valence-corrected chi connectivity index (χ2v) is 17.6. The van der Waals surface area contributed by atoms with Gasteiger partial charge in [0.1, 0.15) is 17.7 Å². The smallest absolute Gasteiger partial charge is 0.223 e. The molecule has 0 spiro atoms. The molecule has 0 amide bonds. The largest absolute Gasteiger partial charge is 0.512 e. The summed E-state index contributed by atoms with van der Waals surface area (Å²) in [7, 11) is 0. The fourth-order valence-electron chi connectivity index (χ4n) is 6.95. The third-order valence-corrected chi connectivity index (χ3v) is 12.6. The quantitative estimate of drug-likeness (QED) is 0.0842. The first-order chi connectivity index (χ1) is 24.5. The van der Waals surface area contributed by atoms with Crippen LogP contribution in [-0.4, -0.2) is 20.9 Å². The van der Waals surface area contributed by atoms with Crippen molar-refractivity contribution in [3.8, 4) is 11.3 Å². The zero-order chi connectivity index (χ0) is 38.2. The summed E-state index contributed by atoms with van der Waals surface area (Å²) in [6, 6.07) is 18.8. The van der Waals surface area contributed by atoms with Crippen LogP contribution in [0.1, 0.15) is 118 Å². The molecule has 6 aromatic rings. The van der Waals surface area contributed by atoms with E-state index in [1.54, 1.807) is 6.33 Å². The Labute approximate surface area is 334 Å². The summed E-state index contributed by atoms with van der Waals surface area (Å²) in [4.78, 5) is 22.9. The van der Waals surface area contributed by atoms with Crippen LogP contribution < -0.4 is 0 Å². The van der Waals surface area contributed by atoms with E-state index in [1.165, 1.54) is 37.6 Å². The van der Waals surface area contributed by atoms with Crippen LogP contribution in [0.2, 0.25) is 0 Å². The molecule has 0 aliphatic rings. The molecule has 0 aliphatic heterocycles. The van der Waals surface area contributed by atoms with Gasteiger partial charge in [-0.15, -0.1) is 40.5 Å². The van der Waals surface area contributed by atoms with E-state index in [1.807, 2.05) is 52.9 Å².